The summed E-state index contributed by atoms with van der Waals surface area (Å²) >= 11 is 5.16. The first-order chi connectivity index (χ1) is 10.7. The second-order valence-electron chi connectivity index (χ2n) is 4.79. The van der Waals surface area contributed by atoms with Crippen molar-refractivity contribution in [2.24, 2.45) is 0 Å². The van der Waals surface area contributed by atoms with Gasteiger partial charge in [0.1, 0.15) is 5.75 Å². The van der Waals surface area contributed by atoms with Crippen molar-refractivity contribution < 1.29 is 4.74 Å². The molecule has 0 bridgehead atoms. The lowest BCUT2D eigenvalue weighted by atomic mass is 10.2. The topological polar surface area (TPSA) is 21.3 Å². The molecule has 0 saturated carbocycles. The van der Waals surface area contributed by atoms with E-state index >= 15 is 0 Å². The Morgan fingerprint density at radius 2 is 1.50 bits per heavy atom. The highest BCUT2D eigenvalue weighted by Gasteiger charge is 1.96. The van der Waals surface area contributed by atoms with E-state index in [1.807, 2.05) is 12.1 Å². The van der Waals surface area contributed by atoms with Gasteiger partial charge in [-0.05, 0) is 35.4 Å². The molecule has 0 radical (unpaired) electrons. The van der Waals surface area contributed by atoms with Crippen molar-refractivity contribution in [3.63, 3.8) is 0 Å². The first kappa shape index (κ1) is 19.1. The molecule has 0 atom stereocenters. The fraction of sp³-hybridized carbons (Fsp3) is 0.333. The fourth-order valence-corrected chi connectivity index (χ4v) is 2.59. The monoisotopic (exact) mass is 381 g/mol. The number of hydrogen-bond acceptors (Lipinski definition) is 3. The van der Waals surface area contributed by atoms with Gasteiger partial charge in [-0.2, -0.15) is 0 Å². The molecule has 2 rings (SSSR count). The van der Waals surface area contributed by atoms with Crippen molar-refractivity contribution in [1.82, 2.24) is 4.72 Å². The van der Waals surface area contributed by atoms with E-state index in [-0.39, 0.29) is 0 Å². The summed E-state index contributed by atoms with van der Waals surface area (Å²) in [4.78, 5) is 0. The van der Waals surface area contributed by atoms with Gasteiger partial charge in [0.2, 0.25) is 0 Å². The predicted octanol–water partition coefficient (Wildman–Crippen LogP) is 5.81. The van der Waals surface area contributed by atoms with E-state index in [0.29, 0.717) is 0 Å². The van der Waals surface area contributed by atoms with Crippen molar-refractivity contribution >= 4 is 27.9 Å². The van der Waals surface area contributed by atoms with Crippen LogP contribution in [0.2, 0.25) is 0 Å². The average Bonchev–Trinajstić information content (AvgIpc) is 2.54. The van der Waals surface area contributed by atoms with Gasteiger partial charge in [-0.3, -0.25) is 4.72 Å². The molecule has 2 aromatic rings. The van der Waals surface area contributed by atoms with E-state index in [0.717, 1.165) is 22.5 Å². The predicted molar refractivity (Wildman–Crippen MR) is 101 cm³/mol. The highest BCUT2D eigenvalue weighted by atomic mass is 79.9. The average molecular weight is 382 g/mol. The summed E-state index contributed by atoms with van der Waals surface area (Å²) < 4.78 is 9.62. The third-order valence-corrected chi connectivity index (χ3v) is 4.04. The maximum Gasteiger partial charge on any atom is 0.118 e. The molecule has 2 aromatic carbocycles. The molecule has 2 nitrogen and oxygen atoms in total. The van der Waals surface area contributed by atoms with E-state index in [1.54, 1.807) is 19.1 Å². The third-order valence-electron chi connectivity index (χ3n) is 2.69. The van der Waals surface area contributed by atoms with Crippen LogP contribution < -0.4 is 9.46 Å². The van der Waals surface area contributed by atoms with Gasteiger partial charge in [-0.25, -0.2) is 0 Å². The smallest absolute Gasteiger partial charge is 0.118 e. The van der Waals surface area contributed by atoms with Gasteiger partial charge in [-0.15, -0.1) is 0 Å². The first-order valence-electron chi connectivity index (χ1n) is 7.41. The normalized spacial score (nSPS) is 9.82. The molecule has 0 aliphatic heterocycles. The standard InChI is InChI=1S/C15H16BrNOS.C3H8/c1-18-15-8-4-12(5-9-15)10-17-19-11-13-2-6-14(16)7-3-13;1-3-2/h2-9,17H,10-11H2,1H3;3H2,1-2H3. The minimum Gasteiger partial charge on any atom is -0.497 e. The Morgan fingerprint density at radius 3 is 2.05 bits per heavy atom. The van der Waals surface area contributed by atoms with E-state index in [1.165, 1.54) is 17.5 Å². The Hall–Kier alpha value is -0.970. The van der Waals surface area contributed by atoms with E-state index < -0.39 is 0 Å². The van der Waals surface area contributed by atoms with Gasteiger partial charge in [0.25, 0.3) is 0 Å². The van der Waals surface area contributed by atoms with E-state index in [2.05, 4.69) is 70.9 Å². The van der Waals surface area contributed by atoms with Gasteiger partial charge >= 0.3 is 0 Å². The van der Waals surface area contributed by atoms with Crippen LogP contribution in [0.5, 0.6) is 5.75 Å². The van der Waals surface area contributed by atoms with Crippen LogP contribution in [0.3, 0.4) is 0 Å². The Kier molecular flexibility index (Phi) is 10.0. The fourth-order valence-electron chi connectivity index (χ4n) is 1.59. The van der Waals surface area contributed by atoms with E-state index in [4.69, 9.17) is 4.74 Å². The molecule has 120 valence electrons. The zero-order valence-corrected chi connectivity index (χ0v) is 15.8. The highest BCUT2D eigenvalue weighted by Crippen LogP contribution is 2.15. The molecule has 4 heteroatoms. The van der Waals surface area contributed by atoms with Gasteiger partial charge in [0.15, 0.2) is 0 Å². The minimum absolute atomic E-state index is 0.852. The maximum atomic E-state index is 5.13. The molecule has 0 aliphatic rings. The largest absolute Gasteiger partial charge is 0.497 e. The second kappa shape index (κ2) is 11.6. The second-order valence-corrected chi connectivity index (χ2v) is 6.57. The number of rotatable bonds is 6. The van der Waals surface area contributed by atoms with Crippen LogP contribution in [-0.4, -0.2) is 7.11 Å². The van der Waals surface area contributed by atoms with Crippen LogP contribution in [-0.2, 0) is 12.3 Å². The Morgan fingerprint density at radius 1 is 0.955 bits per heavy atom. The van der Waals surface area contributed by atoms with Gasteiger partial charge in [-0.1, -0.05) is 72.4 Å². The van der Waals surface area contributed by atoms with Gasteiger partial charge in [0.05, 0.1) is 7.11 Å². The Balaban J connectivity index is 0.000000745. The maximum absolute atomic E-state index is 5.13. The number of methoxy groups -OCH3 is 1. The number of halogens is 1. The summed E-state index contributed by atoms with van der Waals surface area (Å²) in [5.74, 6) is 1.86. The summed E-state index contributed by atoms with van der Waals surface area (Å²) in [5, 5.41) is 0. The quantitative estimate of drug-likeness (QED) is 0.503. The third kappa shape index (κ3) is 7.87. The lowest BCUT2D eigenvalue weighted by Gasteiger charge is -2.06. The zero-order valence-electron chi connectivity index (χ0n) is 13.4. The van der Waals surface area contributed by atoms with Gasteiger partial charge < -0.3 is 4.74 Å². The molecule has 0 saturated heterocycles. The molecule has 0 unspecified atom stereocenters. The van der Waals surface area contributed by atoms with Crippen molar-refractivity contribution in [1.29, 1.82) is 0 Å². The number of nitrogens with one attached hydrogen (secondary N) is 1. The minimum atomic E-state index is 0.852. The van der Waals surface area contributed by atoms with Crippen molar-refractivity contribution in [3.8, 4) is 5.75 Å². The Bertz CT molecular complexity index is 514. The molecule has 0 fully saturated rings. The number of ether oxygens (including phenoxy) is 1. The summed E-state index contributed by atoms with van der Waals surface area (Å²) in [6.45, 7) is 5.10. The van der Waals surface area contributed by atoms with Crippen LogP contribution in [0.4, 0.5) is 0 Å². The SMILES string of the molecule is CCC.COc1ccc(CNSCc2ccc(Br)cc2)cc1. The Labute approximate surface area is 146 Å². The van der Waals surface area contributed by atoms with Crippen molar-refractivity contribution in [2.75, 3.05) is 7.11 Å². The van der Waals surface area contributed by atoms with Crippen LogP contribution in [0.15, 0.2) is 53.0 Å². The lowest BCUT2D eigenvalue weighted by molar-refractivity contribution is 0.414. The summed E-state index contributed by atoms with van der Waals surface area (Å²) in [6.07, 6.45) is 1.25. The molecular formula is C18H24BrNOS. The zero-order chi connectivity index (χ0) is 16.2. The number of hydrogen-bond donors (Lipinski definition) is 1. The van der Waals surface area contributed by atoms with Crippen LogP contribution in [0, 0.1) is 0 Å². The first-order valence-corrected chi connectivity index (χ1v) is 9.19. The molecule has 1 N–H and O–H groups in total. The highest BCUT2D eigenvalue weighted by molar-refractivity contribution is 9.10. The summed E-state index contributed by atoms with van der Waals surface area (Å²) in [7, 11) is 1.68. The molecular weight excluding hydrogens is 358 g/mol. The number of benzene rings is 2. The lowest BCUT2D eigenvalue weighted by Crippen LogP contribution is -2.03. The molecule has 0 aliphatic carbocycles. The molecule has 22 heavy (non-hydrogen) atoms. The van der Waals surface area contributed by atoms with E-state index in [9.17, 15) is 0 Å². The van der Waals surface area contributed by atoms with Crippen molar-refractivity contribution in [2.45, 2.75) is 32.6 Å². The molecule has 0 spiro atoms. The molecule has 0 aromatic heterocycles. The molecule has 0 amide bonds. The van der Waals surface area contributed by atoms with Crippen LogP contribution in [0.1, 0.15) is 31.4 Å². The van der Waals surface area contributed by atoms with Crippen LogP contribution >= 0.6 is 27.9 Å². The molecule has 0 heterocycles. The van der Waals surface area contributed by atoms with Crippen molar-refractivity contribution in [3.05, 3.63) is 64.1 Å². The summed E-state index contributed by atoms with van der Waals surface area (Å²) in [5.41, 5.74) is 2.57. The summed E-state index contributed by atoms with van der Waals surface area (Å²) in [6, 6.07) is 16.5. The van der Waals surface area contributed by atoms with Crippen LogP contribution in [0.25, 0.3) is 0 Å². The van der Waals surface area contributed by atoms with Gasteiger partial charge in [0, 0.05) is 16.8 Å².